The van der Waals surface area contributed by atoms with E-state index in [0.29, 0.717) is 12.1 Å². The maximum absolute atomic E-state index is 11.7. The monoisotopic (exact) mass is 327 g/mol. The van der Waals surface area contributed by atoms with Gasteiger partial charge >= 0.3 is 0 Å². The Bertz CT molecular complexity index is 626. The maximum Gasteiger partial charge on any atom is 0.242 e. The quantitative estimate of drug-likeness (QED) is 0.649. The van der Waals surface area contributed by atoms with E-state index in [1.165, 1.54) is 14.0 Å². The van der Waals surface area contributed by atoms with Crippen molar-refractivity contribution in [3.8, 4) is 0 Å². The smallest absolute Gasteiger partial charge is 0.242 e. The van der Waals surface area contributed by atoms with Gasteiger partial charge in [0.2, 0.25) is 21.8 Å². The molecule has 0 saturated heterocycles. The van der Waals surface area contributed by atoms with Crippen LogP contribution in [0, 0.1) is 0 Å². The Kier molecular flexibility index (Phi) is 6.51. The van der Waals surface area contributed by atoms with E-state index in [1.54, 1.807) is 31.2 Å². The van der Waals surface area contributed by atoms with Crippen molar-refractivity contribution in [1.29, 1.82) is 0 Å². The van der Waals surface area contributed by atoms with Crippen molar-refractivity contribution in [2.45, 2.75) is 32.2 Å². The van der Waals surface area contributed by atoms with Crippen molar-refractivity contribution in [1.82, 2.24) is 15.4 Å². The van der Waals surface area contributed by atoms with Crippen LogP contribution < -0.4 is 15.4 Å². The minimum absolute atomic E-state index is 0.0876. The van der Waals surface area contributed by atoms with Crippen molar-refractivity contribution in [2.24, 2.45) is 0 Å². The molecule has 122 valence electrons. The lowest BCUT2D eigenvalue weighted by Gasteiger charge is -2.13. The molecule has 1 aromatic carbocycles. The average Bonchev–Trinajstić information content (AvgIpc) is 2.45. The fraction of sp³-hybridized carbons (Fsp3) is 0.429. The number of rotatable bonds is 7. The summed E-state index contributed by atoms with van der Waals surface area (Å²) in [6.45, 7) is 3.26. The van der Waals surface area contributed by atoms with Gasteiger partial charge in [0.05, 0.1) is 5.75 Å². The summed E-state index contributed by atoms with van der Waals surface area (Å²) in [6, 6.07) is 6.31. The highest BCUT2D eigenvalue weighted by molar-refractivity contribution is 7.88. The van der Waals surface area contributed by atoms with Gasteiger partial charge in [0.1, 0.15) is 6.04 Å². The minimum atomic E-state index is -3.29. The van der Waals surface area contributed by atoms with Crippen LogP contribution in [0.15, 0.2) is 24.3 Å². The normalized spacial score (nSPS) is 12.5. The summed E-state index contributed by atoms with van der Waals surface area (Å²) in [7, 11) is -1.92. The van der Waals surface area contributed by atoms with E-state index in [2.05, 4.69) is 15.4 Å². The zero-order valence-electron chi connectivity index (χ0n) is 12.8. The van der Waals surface area contributed by atoms with Crippen LogP contribution in [0.3, 0.4) is 0 Å². The molecule has 0 radical (unpaired) electrons. The molecule has 1 atom stereocenters. The van der Waals surface area contributed by atoms with E-state index in [4.69, 9.17) is 0 Å². The van der Waals surface area contributed by atoms with E-state index >= 15 is 0 Å². The standard InChI is InChI=1S/C14H21N3O4S/c1-10(17-11(2)18)14(19)16-8-12-4-6-13(7-5-12)9-22(20,21)15-3/h4-7,10,15H,8-9H2,1-3H3,(H,16,19)(H,17,18). The number of hydrogen-bond donors (Lipinski definition) is 3. The van der Waals surface area contributed by atoms with Crippen molar-refractivity contribution >= 4 is 21.8 Å². The first kappa shape index (κ1) is 18.1. The molecule has 3 N–H and O–H groups in total. The molecule has 0 fully saturated rings. The summed E-state index contributed by atoms with van der Waals surface area (Å²) in [4.78, 5) is 22.6. The van der Waals surface area contributed by atoms with E-state index in [0.717, 1.165) is 5.56 Å². The van der Waals surface area contributed by atoms with Gasteiger partial charge in [-0.05, 0) is 25.1 Å². The summed E-state index contributed by atoms with van der Waals surface area (Å²) in [6.07, 6.45) is 0. The van der Waals surface area contributed by atoms with Crippen molar-refractivity contribution in [2.75, 3.05) is 7.05 Å². The zero-order chi connectivity index (χ0) is 16.8. The van der Waals surface area contributed by atoms with Crippen LogP contribution >= 0.6 is 0 Å². The van der Waals surface area contributed by atoms with Gasteiger partial charge in [-0.3, -0.25) is 9.59 Å². The number of nitrogens with one attached hydrogen (secondary N) is 3. The van der Waals surface area contributed by atoms with Gasteiger partial charge in [-0.1, -0.05) is 24.3 Å². The van der Waals surface area contributed by atoms with Crippen LogP contribution in [0.4, 0.5) is 0 Å². The lowest BCUT2D eigenvalue weighted by molar-refractivity contribution is -0.127. The Balaban J connectivity index is 2.55. The molecule has 1 unspecified atom stereocenters. The average molecular weight is 327 g/mol. The number of carbonyl (C=O) groups is 2. The molecule has 0 aliphatic carbocycles. The molecule has 2 amide bonds. The number of amides is 2. The van der Waals surface area contributed by atoms with Gasteiger partial charge in [-0.15, -0.1) is 0 Å². The largest absolute Gasteiger partial charge is 0.350 e. The predicted octanol–water partition coefficient (Wildman–Crippen LogP) is -0.123. The summed E-state index contributed by atoms with van der Waals surface area (Å²) >= 11 is 0. The number of carbonyl (C=O) groups excluding carboxylic acids is 2. The van der Waals surface area contributed by atoms with E-state index in [1.807, 2.05) is 0 Å². The minimum Gasteiger partial charge on any atom is -0.350 e. The van der Waals surface area contributed by atoms with Crippen LogP contribution in [0.1, 0.15) is 25.0 Å². The fourth-order valence-electron chi connectivity index (χ4n) is 1.76. The molecule has 1 aromatic rings. The second-order valence-corrected chi connectivity index (χ2v) is 6.85. The number of benzene rings is 1. The lowest BCUT2D eigenvalue weighted by Crippen LogP contribution is -2.43. The first-order chi connectivity index (χ1) is 10.2. The van der Waals surface area contributed by atoms with E-state index < -0.39 is 16.1 Å². The fourth-order valence-corrected chi connectivity index (χ4v) is 2.53. The van der Waals surface area contributed by atoms with Crippen molar-refractivity contribution in [3.05, 3.63) is 35.4 Å². The van der Waals surface area contributed by atoms with Crippen LogP contribution in [0.2, 0.25) is 0 Å². The molecule has 8 heteroatoms. The molecule has 0 saturated carbocycles. The summed E-state index contributed by atoms with van der Waals surface area (Å²) in [5.74, 6) is -0.634. The first-order valence-corrected chi connectivity index (χ1v) is 8.42. The topological polar surface area (TPSA) is 104 Å². The number of hydrogen-bond acceptors (Lipinski definition) is 4. The van der Waals surface area contributed by atoms with Crippen LogP contribution in [-0.2, 0) is 31.9 Å². The maximum atomic E-state index is 11.7. The summed E-state index contributed by atoms with van der Waals surface area (Å²) in [5, 5.41) is 5.19. The Labute approximate surface area is 130 Å². The third kappa shape index (κ3) is 6.23. The second-order valence-electron chi connectivity index (χ2n) is 4.92. The van der Waals surface area contributed by atoms with E-state index in [-0.39, 0.29) is 17.6 Å². The Morgan fingerprint density at radius 1 is 1.14 bits per heavy atom. The molecular formula is C14H21N3O4S. The molecular weight excluding hydrogens is 306 g/mol. The second kappa shape index (κ2) is 7.90. The van der Waals surface area contributed by atoms with Crippen LogP contribution in [0.5, 0.6) is 0 Å². The predicted molar refractivity (Wildman–Crippen MR) is 83.3 cm³/mol. The third-order valence-corrected chi connectivity index (χ3v) is 4.31. The Morgan fingerprint density at radius 3 is 2.18 bits per heavy atom. The van der Waals surface area contributed by atoms with Gasteiger partial charge in [0, 0.05) is 13.5 Å². The molecule has 7 nitrogen and oxygen atoms in total. The first-order valence-electron chi connectivity index (χ1n) is 6.77. The van der Waals surface area contributed by atoms with Gasteiger partial charge < -0.3 is 10.6 Å². The molecule has 0 bridgehead atoms. The molecule has 0 aromatic heterocycles. The van der Waals surface area contributed by atoms with Gasteiger partial charge in [-0.2, -0.15) is 0 Å². The molecule has 0 aliphatic rings. The molecule has 0 heterocycles. The highest BCUT2D eigenvalue weighted by atomic mass is 32.2. The van der Waals surface area contributed by atoms with Crippen molar-refractivity contribution < 1.29 is 18.0 Å². The van der Waals surface area contributed by atoms with Crippen molar-refractivity contribution in [3.63, 3.8) is 0 Å². The van der Waals surface area contributed by atoms with E-state index in [9.17, 15) is 18.0 Å². The molecule has 0 spiro atoms. The van der Waals surface area contributed by atoms with Gasteiger partial charge in [-0.25, -0.2) is 13.1 Å². The molecule has 22 heavy (non-hydrogen) atoms. The zero-order valence-corrected chi connectivity index (χ0v) is 13.7. The Hall–Kier alpha value is -1.93. The lowest BCUT2D eigenvalue weighted by atomic mass is 10.1. The van der Waals surface area contributed by atoms with Crippen LogP contribution in [0.25, 0.3) is 0 Å². The van der Waals surface area contributed by atoms with Gasteiger partial charge in [0.15, 0.2) is 0 Å². The summed E-state index contributed by atoms with van der Waals surface area (Å²) < 4.78 is 25.1. The highest BCUT2D eigenvalue weighted by Gasteiger charge is 2.13. The highest BCUT2D eigenvalue weighted by Crippen LogP contribution is 2.07. The summed E-state index contributed by atoms with van der Waals surface area (Å²) in [5.41, 5.74) is 1.50. The number of sulfonamides is 1. The Morgan fingerprint density at radius 2 is 1.68 bits per heavy atom. The molecule has 0 aliphatic heterocycles. The van der Waals surface area contributed by atoms with Crippen LogP contribution in [-0.4, -0.2) is 33.3 Å². The van der Waals surface area contributed by atoms with Gasteiger partial charge in [0.25, 0.3) is 0 Å². The third-order valence-electron chi connectivity index (χ3n) is 2.97. The SMILES string of the molecule is CNS(=O)(=O)Cc1ccc(CNC(=O)C(C)NC(C)=O)cc1. The molecule has 1 rings (SSSR count).